The van der Waals surface area contributed by atoms with Gasteiger partial charge in [-0.05, 0) is 36.4 Å². The van der Waals surface area contributed by atoms with E-state index in [-0.39, 0.29) is 11.2 Å². The minimum Gasteiger partial charge on any atom is -0.206 e. The molecule has 0 spiro atoms. The molecule has 3 rings (SSSR count). The molecule has 0 nitrogen and oxygen atoms in total. The van der Waals surface area contributed by atoms with Gasteiger partial charge in [-0.15, -0.1) is 11.6 Å². The van der Waals surface area contributed by atoms with E-state index in [0.29, 0.717) is 5.39 Å². The average molecular weight is 299 g/mol. The highest BCUT2D eigenvalue weighted by atomic mass is 35.5. The predicted molar refractivity (Wildman–Crippen MR) is 87.5 cm³/mol. The largest absolute Gasteiger partial charge is 0.206 e. The molecule has 3 aromatic rings. The van der Waals surface area contributed by atoms with Gasteiger partial charge in [-0.25, -0.2) is 4.39 Å². The first-order valence-electron chi connectivity index (χ1n) is 6.95. The summed E-state index contributed by atoms with van der Waals surface area (Å²) in [7, 11) is 0. The molecule has 0 amide bonds. The van der Waals surface area contributed by atoms with E-state index in [2.05, 4.69) is 32.0 Å². The van der Waals surface area contributed by atoms with Crippen molar-refractivity contribution < 1.29 is 4.39 Å². The van der Waals surface area contributed by atoms with Crippen LogP contribution < -0.4 is 0 Å². The number of aryl methyl sites for hydroxylation is 2. The molecular formula is C19H16ClF. The fraction of sp³-hybridized carbons (Fsp3) is 0.158. The maximum absolute atomic E-state index is 13.9. The van der Waals surface area contributed by atoms with E-state index in [9.17, 15) is 4.39 Å². The molecule has 106 valence electrons. The Morgan fingerprint density at radius 3 is 2.14 bits per heavy atom. The van der Waals surface area contributed by atoms with Crippen LogP contribution in [0.2, 0.25) is 0 Å². The molecule has 0 saturated heterocycles. The fourth-order valence-corrected chi connectivity index (χ4v) is 3.16. The van der Waals surface area contributed by atoms with Crippen LogP contribution in [0.3, 0.4) is 0 Å². The van der Waals surface area contributed by atoms with Gasteiger partial charge in [0, 0.05) is 5.39 Å². The van der Waals surface area contributed by atoms with E-state index in [0.717, 1.165) is 16.5 Å². The first kappa shape index (κ1) is 14.1. The Morgan fingerprint density at radius 2 is 1.48 bits per heavy atom. The fourth-order valence-electron chi connectivity index (χ4n) is 2.84. The van der Waals surface area contributed by atoms with Crippen molar-refractivity contribution in [3.8, 4) is 0 Å². The maximum atomic E-state index is 13.9. The quantitative estimate of drug-likeness (QED) is 0.515. The number of alkyl halides is 1. The first-order chi connectivity index (χ1) is 10.1. The van der Waals surface area contributed by atoms with Crippen LogP contribution in [0.15, 0.2) is 54.6 Å². The molecule has 3 aromatic carbocycles. The van der Waals surface area contributed by atoms with Crippen LogP contribution >= 0.6 is 11.6 Å². The van der Waals surface area contributed by atoms with Crippen molar-refractivity contribution in [2.24, 2.45) is 0 Å². The van der Waals surface area contributed by atoms with Gasteiger partial charge in [0.25, 0.3) is 0 Å². The molecule has 0 aliphatic heterocycles. The molecule has 0 saturated carbocycles. The van der Waals surface area contributed by atoms with Gasteiger partial charge < -0.3 is 0 Å². The molecule has 2 heteroatoms. The smallest absolute Gasteiger partial charge is 0.131 e. The summed E-state index contributed by atoms with van der Waals surface area (Å²) < 4.78 is 13.9. The van der Waals surface area contributed by atoms with Gasteiger partial charge in [0.2, 0.25) is 0 Å². The van der Waals surface area contributed by atoms with Gasteiger partial charge in [-0.3, -0.25) is 0 Å². The third kappa shape index (κ3) is 2.66. The highest BCUT2D eigenvalue weighted by Crippen LogP contribution is 2.35. The zero-order valence-corrected chi connectivity index (χ0v) is 12.8. The third-order valence-corrected chi connectivity index (χ3v) is 4.20. The Labute approximate surface area is 129 Å². The van der Waals surface area contributed by atoms with Crippen LogP contribution in [0.1, 0.15) is 27.6 Å². The maximum Gasteiger partial charge on any atom is 0.131 e. The van der Waals surface area contributed by atoms with E-state index in [1.54, 1.807) is 12.1 Å². The summed E-state index contributed by atoms with van der Waals surface area (Å²) >= 11 is 6.68. The summed E-state index contributed by atoms with van der Waals surface area (Å²) in [5.74, 6) is -0.210. The molecule has 0 fully saturated rings. The van der Waals surface area contributed by atoms with Crippen molar-refractivity contribution in [1.29, 1.82) is 0 Å². The summed E-state index contributed by atoms with van der Waals surface area (Å²) in [6.07, 6.45) is 0. The number of hydrogen-bond acceptors (Lipinski definition) is 0. The molecule has 0 N–H and O–H groups in total. The van der Waals surface area contributed by atoms with Crippen molar-refractivity contribution in [2.75, 3.05) is 0 Å². The van der Waals surface area contributed by atoms with Crippen molar-refractivity contribution >= 4 is 22.4 Å². The number of benzene rings is 3. The number of halogens is 2. The second-order valence-electron chi connectivity index (χ2n) is 5.47. The van der Waals surface area contributed by atoms with Crippen LogP contribution in [-0.4, -0.2) is 0 Å². The number of fused-ring (bicyclic) bond motifs is 1. The van der Waals surface area contributed by atoms with Crippen LogP contribution in [0, 0.1) is 19.7 Å². The van der Waals surface area contributed by atoms with Crippen LogP contribution in [0.4, 0.5) is 4.39 Å². The minimum absolute atomic E-state index is 0.210. The molecule has 0 radical (unpaired) electrons. The van der Waals surface area contributed by atoms with Crippen molar-refractivity contribution in [1.82, 2.24) is 0 Å². The normalized spacial score (nSPS) is 12.6. The molecule has 0 aromatic heterocycles. The molecule has 0 heterocycles. The van der Waals surface area contributed by atoms with Crippen molar-refractivity contribution in [3.63, 3.8) is 0 Å². The summed E-state index contributed by atoms with van der Waals surface area (Å²) in [5, 5.41) is 1.20. The number of rotatable bonds is 2. The highest BCUT2D eigenvalue weighted by Gasteiger charge is 2.16. The predicted octanol–water partition coefficient (Wildman–Crippen LogP) is 5.92. The summed E-state index contributed by atoms with van der Waals surface area (Å²) in [6, 6.07) is 17.0. The zero-order valence-electron chi connectivity index (χ0n) is 12.0. The van der Waals surface area contributed by atoms with E-state index < -0.39 is 0 Å². The Kier molecular flexibility index (Phi) is 3.69. The molecular weight excluding hydrogens is 283 g/mol. The molecule has 0 aliphatic carbocycles. The SMILES string of the molecule is Cc1cc(C)cc(C(Cl)c2ccc(F)c3ccccc23)c1. The summed E-state index contributed by atoms with van der Waals surface area (Å²) in [6.45, 7) is 4.12. The minimum atomic E-state index is -0.283. The molecule has 21 heavy (non-hydrogen) atoms. The first-order valence-corrected chi connectivity index (χ1v) is 7.39. The lowest BCUT2D eigenvalue weighted by Crippen LogP contribution is -1.97. The van der Waals surface area contributed by atoms with E-state index in [1.165, 1.54) is 17.2 Å². The second-order valence-corrected chi connectivity index (χ2v) is 5.90. The van der Waals surface area contributed by atoms with Gasteiger partial charge in [0.15, 0.2) is 0 Å². The zero-order chi connectivity index (χ0) is 15.0. The molecule has 1 atom stereocenters. The Bertz CT molecular complexity index is 788. The van der Waals surface area contributed by atoms with Crippen molar-refractivity contribution in [3.05, 3.63) is 82.7 Å². The summed E-state index contributed by atoms with van der Waals surface area (Å²) in [4.78, 5) is 0. The second kappa shape index (κ2) is 5.50. The molecule has 0 bridgehead atoms. The monoisotopic (exact) mass is 298 g/mol. The van der Waals surface area contributed by atoms with Crippen LogP contribution in [0.25, 0.3) is 10.8 Å². The van der Waals surface area contributed by atoms with Gasteiger partial charge in [0.1, 0.15) is 5.82 Å². The van der Waals surface area contributed by atoms with Gasteiger partial charge >= 0.3 is 0 Å². The standard InChI is InChI=1S/C19H16ClF/c1-12-9-13(2)11-14(10-12)19(20)17-7-8-18(21)16-6-4-3-5-15(16)17/h3-11,19H,1-2H3. The molecule has 0 aliphatic rings. The van der Waals surface area contributed by atoms with E-state index >= 15 is 0 Å². The third-order valence-electron chi connectivity index (χ3n) is 3.71. The topological polar surface area (TPSA) is 0 Å². The van der Waals surface area contributed by atoms with Gasteiger partial charge in [-0.2, -0.15) is 0 Å². The lowest BCUT2D eigenvalue weighted by molar-refractivity contribution is 0.639. The van der Waals surface area contributed by atoms with Crippen LogP contribution in [-0.2, 0) is 0 Å². The van der Waals surface area contributed by atoms with Gasteiger partial charge in [-0.1, -0.05) is 59.7 Å². The Hall–Kier alpha value is -1.86. The lowest BCUT2D eigenvalue weighted by Gasteiger charge is -2.15. The van der Waals surface area contributed by atoms with Crippen molar-refractivity contribution in [2.45, 2.75) is 19.2 Å². The lowest BCUT2D eigenvalue weighted by atomic mass is 9.96. The van der Waals surface area contributed by atoms with E-state index in [1.807, 2.05) is 18.2 Å². The van der Waals surface area contributed by atoms with Gasteiger partial charge in [0.05, 0.1) is 5.38 Å². The van der Waals surface area contributed by atoms with Crippen LogP contribution in [0.5, 0.6) is 0 Å². The average Bonchev–Trinajstić information content (AvgIpc) is 2.46. The Balaban J connectivity index is 2.18. The summed E-state index contributed by atoms with van der Waals surface area (Å²) in [5.41, 5.74) is 4.36. The highest BCUT2D eigenvalue weighted by molar-refractivity contribution is 6.23. The molecule has 1 unspecified atom stereocenters. The van der Waals surface area contributed by atoms with E-state index in [4.69, 9.17) is 11.6 Å². The number of hydrogen-bond donors (Lipinski definition) is 0. The Morgan fingerprint density at radius 1 is 0.857 bits per heavy atom.